The lowest BCUT2D eigenvalue weighted by Gasteiger charge is -2.38. The molecule has 2 aliphatic heterocycles. The Morgan fingerprint density at radius 1 is 1.37 bits per heavy atom. The predicted molar refractivity (Wildman–Crippen MR) is 74.8 cm³/mol. The van der Waals surface area contributed by atoms with Gasteiger partial charge >= 0.3 is 0 Å². The third-order valence-electron chi connectivity index (χ3n) is 5.03. The van der Waals surface area contributed by atoms with Gasteiger partial charge in [-0.2, -0.15) is 5.10 Å². The summed E-state index contributed by atoms with van der Waals surface area (Å²) in [6.07, 6.45) is 9.49. The van der Waals surface area contributed by atoms with Crippen molar-refractivity contribution in [2.75, 3.05) is 7.05 Å². The van der Waals surface area contributed by atoms with Crippen LogP contribution < -0.4 is 0 Å². The summed E-state index contributed by atoms with van der Waals surface area (Å²) in [5.74, 6) is 0.410. The molecule has 0 aliphatic carbocycles. The molecular formula is C15H25N3O. The fourth-order valence-electron chi connectivity index (χ4n) is 3.87. The van der Waals surface area contributed by atoms with Crippen molar-refractivity contribution in [3.63, 3.8) is 0 Å². The monoisotopic (exact) mass is 263 g/mol. The Morgan fingerprint density at radius 2 is 2.05 bits per heavy atom. The Labute approximate surface area is 115 Å². The molecule has 19 heavy (non-hydrogen) atoms. The zero-order valence-electron chi connectivity index (χ0n) is 12.0. The van der Waals surface area contributed by atoms with E-state index in [4.69, 9.17) is 0 Å². The summed E-state index contributed by atoms with van der Waals surface area (Å²) in [6, 6.07) is 1.37. The van der Waals surface area contributed by atoms with Crippen LogP contribution in [-0.4, -0.2) is 38.9 Å². The van der Waals surface area contributed by atoms with Crippen LogP contribution in [0, 0.1) is 5.92 Å². The third kappa shape index (κ3) is 2.43. The van der Waals surface area contributed by atoms with Crippen molar-refractivity contribution in [1.29, 1.82) is 0 Å². The van der Waals surface area contributed by atoms with E-state index in [-0.39, 0.29) is 6.10 Å². The van der Waals surface area contributed by atoms with Crippen molar-refractivity contribution in [3.8, 4) is 0 Å². The molecular weight excluding hydrogens is 238 g/mol. The fourth-order valence-corrected chi connectivity index (χ4v) is 3.87. The average molecular weight is 263 g/mol. The maximum absolute atomic E-state index is 10.6. The standard InChI is InChI=1S/C15H25N3O/c1-3-6-18-10-12(9-16-18)15(19)11-7-13-4-5-14(8-11)17(13)2/h9-11,13-15,19H,3-8H2,1-2H3. The highest BCUT2D eigenvalue weighted by molar-refractivity contribution is 5.11. The molecule has 0 amide bonds. The van der Waals surface area contributed by atoms with E-state index >= 15 is 0 Å². The molecule has 4 heteroatoms. The van der Waals surface area contributed by atoms with Crippen LogP contribution in [0.4, 0.5) is 0 Å². The average Bonchev–Trinajstić information content (AvgIpc) is 2.91. The zero-order valence-corrected chi connectivity index (χ0v) is 12.0. The highest BCUT2D eigenvalue weighted by atomic mass is 16.3. The lowest BCUT2D eigenvalue weighted by atomic mass is 9.84. The van der Waals surface area contributed by atoms with E-state index in [2.05, 4.69) is 24.0 Å². The molecule has 2 saturated heterocycles. The Morgan fingerprint density at radius 3 is 2.68 bits per heavy atom. The number of fused-ring (bicyclic) bond motifs is 2. The van der Waals surface area contributed by atoms with Gasteiger partial charge in [0, 0.05) is 30.4 Å². The van der Waals surface area contributed by atoms with E-state index in [1.165, 1.54) is 12.8 Å². The number of nitrogens with zero attached hydrogens (tertiary/aromatic N) is 3. The van der Waals surface area contributed by atoms with E-state index in [9.17, 15) is 5.11 Å². The largest absolute Gasteiger partial charge is 0.388 e. The van der Waals surface area contributed by atoms with Gasteiger partial charge in [-0.15, -0.1) is 0 Å². The quantitative estimate of drug-likeness (QED) is 0.905. The Kier molecular flexibility index (Phi) is 3.63. The minimum Gasteiger partial charge on any atom is -0.388 e. The number of hydrogen-bond donors (Lipinski definition) is 1. The van der Waals surface area contributed by atoms with Gasteiger partial charge in [-0.3, -0.25) is 4.68 Å². The van der Waals surface area contributed by atoms with Gasteiger partial charge in [0.1, 0.15) is 0 Å². The molecule has 3 rings (SSSR count). The zero-order chi connectivity index (χ0) is 13.4. The maximum atomic E-state index is 10.6. The van der Waals surface area contributed by atoms with Gasteiger partial charge in [-0.1, -0.05) is 6.92 Å². The van der Waals surface area contributed by atoms with Crippen LogP contribution in [0.2, 0.25) is 0 Å². The maximum Gasteiger partial charge on any atom is 0.0849 e. The molecule has 0 saturated carbocycles. The molecule has 0 aromatic carbocycles. The number of aryl methyl sites for hydroxylation is 1. The second-order valence-corrected chi connectivity index (χ2v) is 6.26. The summed E-state index contributed by atoms with van der Waals surface area (Å²) >= 11 is 0. The summed E-state index contributed by atoms with van der Waals surface area (Å²) in [5.41, 5.74) is 1.00. The topological polar surface area (TPSA) is 41.3 Å². The van der Waals surface area contributed by atoms with Crippen molar-refractivity contribution in [3.05, 3.63) is 18.0 Å². The fraction of sp³-hybridized carbons (Fsp3) is 0.800. The summed E-state index contributed by atoms with van der Waals surface area (Å²) in [5, 5.41) is 14.9. The van der Waals surface area contributed by atoms with Crippen LogP contribution in [0.15, 0.2) is 12.4 Å². The van der Waals surface area contributed by atoms with E-state index in [1.54, 1.807) is 0 Å². The van der Waals surface area contributed by atoms with Gasteiger partial charge in [-0.05, 0) is 45.1 Å². The molecule has 1 aromatic rings. The van der Waals surface area contributed by atoms with Crippen LogP contribution in [-0.2, 0) is 6.54 Å². The lowest BCUT2D eigenvalue weighted by Crippen LogP contribution is -2.41. The summed E-state index contributed by atoms with van der Waals surface area (Å²) in [4.78, 5) is 2.52. The van der Waals surface area contributed by atoms with E-state index in [0.717, 1.165) is 31.4 Å². The van der Waals surface area contributed by atoms with Gasteiger partial charge in [0.25, 0.3) is 0 Å². The highest BCUT2D eigenvalue weighted by Gasteiger charge is 2.41. The van der Waals surface area contributed by atoms with Crippen LogP contribution >= 0.6 is 0 Å². The first kappa shape index (κ1) is 13.1. The Bertz CT molecular complexity index is 417. The van der Waals surface area contributed by atoms with Crippen molar-refractivity contribution < 1.29 is 5.11 Å². The molecule has 0 radical (unpaired) electrons. The van der Waals surface area contributed by atoms with Crippen LogP contribution in [0.1, 0.15) is 50.7 Å². The second-order valence-electron chi connectivity index (χ2n) is 6.26. The number of hydrogen-bond acceptors (Lipinski definition) is 3. The molecule has 0 spiro atoms. The van der Waals surface area contributed by atoms with Crippen molar-refractivity contribution in [1.82, 2.24) is 14.7 Å². The minimum atomic E-state index is -0.331. The van der Waals surface area contributed by atoms with E-state index < -0.39 is 0 Å². The molecule has 2 bridgehead atoms. The smallest absolute Gasteiger partial charge is 0.0849 e. The van der Waals surface area contributed by atoms with Gasteiger partial charge in [-0.25, -0.2) is 0 Å². The predicted octanol–water partition coefficient (Wildman–Crippen LogP) is 2.20. The van der Waals surface area contributed by atoms with E-state index in [0.29, 0.717) is 18.0 Å². The number of piperidine rings is 1. The highest BCUT2D eigenvalue weighted by Crippen LogP contribution is 2.42. The molecule has 3 unspecified atom stereocenters. The summed E-state index contributed by atoms with van der Waals surface area (Å²) in [7, 11) is 2.24. The normalized spacial score (nSPS) is 32.7. The number of aliphatic hydroxyl groups is 1. The van der Waals surface area contributed by atoms with Crippen LogP contribution in [0.3, 0.4) is 0 Å². The molecule has 1 aromatic heterocycles. The molecule has 3 heterocycles. The first-order valence-electron chi connectivity index (χ1n) is 7.61. The van der Waals surface area contributed by atoms with Crippen LogP contribution in [0.25, 0.3) is 0 Å². The van der Waals surface area contributed by atoms with Crippen molar-refractivity contribution in [2.45, 2.75) is 63.8 Å². The molecule has 4 nitrogen and oxygen atoms in total. The minimum absolute atomic E-state index is 0.331. The molecule has 106 valence electrons. The molecule has 1 N–H and O–H groups in total. The van der Waals surface area contributed by atoms with Gasteiger partial charge in [0.05, 0.1) is 12.3 Å². The Hall–Kier alpha value is -0.870. The summed E-state index contributed by atoms with van der Waals surface area (Å²) < 4.78 is 1.95. The number of aliphatic hydroxyl groups excluding tert-OH is 1. The Balaban J connectivity index is 1.68. The van der Waals surface area contributed by atoms with Gasteiger partial charge in [0.15, 0.2) is 0 Å². The second kappa shape index (κ2) is 5.25. The van der Waals surface area contributed by atoms with Crippen molar-refractivity contribution >= 4 is 0 Å². The first-order chi connectivity index (χ1) is 9.19. The molecule has 2 aliphatic rings. The van der Waals surface area contributed by atoms with E-state index in [1.807, 2.05) is 17.1 Å². The number of aromatic nitrogens is 2. The van der Waals surface area contributed by atoms with Crippen molar-refractivity contribution in [2.24, 2.45) is 5.92 Å². The lowest BCUT2D eigenvalue weighted by molar-refractivity contribution is 0.0356. The molecule has 3 atom stereocenters. The van der Waals surface area contributed by atoms with Gasteiger partial charge < -0.3 is 10.0 Å². The number of rotatable bonds is 4. The third-order valence-corrected chi connectivity index (χ3v) is 5.03. The molecule has 2 fully saturated rings. The van der Waals surface area contributed by atoms with Gasteiger partial charge in [0.2, 0.25) is 0 Å². The first-order valence-corrected chi connectivity index (χ1v) is 7.61. The van der Waals surface area contributed by atoms with Crippen LogP contribution in [0.5, 0.6) is 0 Å². The summed E-state index contributed by atoms with van der Waals surface area (Å²) in [6.45, 7) is 3.08. The SMILES string of the molecule is CCCn1cc(C(O)C2CC3CCC(C2)N3C)cn1.